The molecule has 17 nitrogen and oxygen atoms in total. The summed E-state index contributed by atoms with van der Waals surface area (Å²) in [4.78, 5) is 0. The Labute approximate surface area is 770 Å². The van der Waals surface area contributed by atoms with Gasteiger partial charge in [-0.05, 0) is 364 Å². The molecular formula is C105H236O17. The monoisotopic (exact) mass is 1770 g/mol. The van der Waals surface area contributed by atoms with Crippen LogP contribution in [0.5, 0.6) is 0 Å². The van der Waals surface area contributed by atoms with Gasteiger partial charge in [0.25, 0.3) is 0 Å². The van der Waals surface area contributed by atoms with Gasteiger partial charge in [-0.1, -0.05) is 113 Å². The first-order valence-corrected chi connectivity index (χ1v) is 50.1. The highest BCUT2D eigenvalue weighted by molar-refractivity contribution is 4.70. The molecule has 0 radical (unpaired) electrons. The van der Waals surface area contributed by atoms with Crippen LogP contribution in [0.25, 0.3) is 0 Å². The zero-order valence-electron chi connectivity index (χ0n) is 92.7. The van der Waals surface area contributed by atoms with Crippen molar-refractivity contribution in [1.82, 2.24) is 0 Å². The second kappa shape index (κ2) is 114. The molecule has 17 heteroatoms. The van der Waals surface area contributed by atoms with E-state index >= 15 is 0 Å². The fraction of sp³-hybridized carbons (Fsp3) is 1.00. The molecule has 0 aromatic carbocycles. The van der Waals surface area contributed by atoms with Gasteiger partial charge in [-0.15, -0.1) is 0 Å². The van der Waals surface area contributed by atoms with Gasteiger partial charge in [-0.25, -0.2) is 0 Å². The van der Waals surface area contributed by atoms with Crippen molar-refractivity contribution in [2.24, 2.45) is 17.3 Å². The molecular weight excluding hydrogens is 1530 g/mol. The first-order valence-electron chi connectivity index (χ1n) is 50.1. The normalized spacial score (nSPS) is 14.1. The molecule has 4 aliphatic carbocycles. The lowest BCUT2D eigenvalue weighted by Crippen LogP contribution is -2.26. The topological polar surface area (TPSA) is 157 Å². The van der Waals surface area contributed by atoms with Crippen LogP contribution in [-0.2, 0) is 80.5 Å². The minimum atomic E-state index is 0.0220. The highest BCUT2D eigenvalue weighted by Crippen LogP contribution is 2.26. The van der Waals surface area contributed by atoms with E-state index in [1.165, 1.54) is 116 Å². The Balaban J connectivity index is -0.0000000945. The zero-order valence-corrected chi connectivity index (χ0v) is 92.7. The van der Waals surface area contributed by atoms with E-state index in [1.807, 2.05) is 145 Å². The summed E-state index contributed by atoms with van der Waals surface area (Å²) in [5.74, 6) is 1.78. The number of ether oxygens (including phenoxy) is 17. The Kier molecular flexibility index (Phi) is 140. The Morgan fingerprint density at radius 2 is 0.582 bits per heavy atom. The van der Waals surface area contributed by atoms with Crippen LogP contribution in [0.1, 0.15) is 460 Å². The number of rotatable bonds is 36. The molecule has 0 heterocycles. The number of hydrogen-bond acceptors (Lipinski definition) is 17. The third-order valence-corrected chi connectivity index (χ3v) is 16.6. The predicted octanol–water partition coefficient (Wildman–Crippen LogP) is 30.7. The molecule has 0 aliphatic heterocycles. The average Bonchev–Trinajstić information content (AvgIpc) is 1.08. The molecule has 0 amide bonds. The van der Waals surface area contributed by atoms with Gasteiger partial charge in [0.1, 0.15) is 0 Å². The molecule has 758 valence electrons. The fourth-order valence-corrected chi connectivity index (χ4v) is 10.7. The van der Waals surface area contributed by atoms with E-state index in [1.54, 1.807) is 14.2 Å². The van der Waals surface area contributed by atoms with Gasteiger partial charge in [-0.3, -0.25) is 0 Å². The van der Waals surface area contributed by atoms with Crippen molar-refractivity contribution >= 4 is 0 Å². The maximum Gasteiger partial charge on any atom is 0.0627 e. The van der Waals surface area contributed by atoms with Crippen LogP contribution in [0.2, 0.25) is 0 Å². The lowest BCUT2D eigenvalue weighted by atomic mass is 9.90. The Morgan fingerprint density at radius 3 is 0.721 bits per heavy atom. The van der Waals surface area contributed by atoms with Crippen molar-refractivity contribution in [2.75, 3.05) is 133 Å². The van der Waals surface area contributed by atoms with Crippen LogP contribution in [0.15, 0.2) is 0 Å². The molecule has 0 atom stereocenters. The Hall–Kier alpha value is -0.680. The third-order valence-electron chi connectivity index (χ3n) is 16.6. The highest BCUT2D eigenvalue weighted by atomic mass is 16.5. The Bertz CT molecular complexity index is 1680. The molecule has 0 saturated heterocycles. The molecule has 4 saturated carbocycles. The van der Waals surface area contributed by atoms with Crippen LogP contribution in [0.4, 0.5) is 0 Å². The fourth-order valence-electron chi connectivity index (χ4n) is 10.7. The molecule has 0 aromatic rings. The third kappa shape index (κ3) is 188. The molecule has 0 spiro atoms. The smallest absolute Gasteiger partial charge is 0.0627 e. The molecule has 4 rings (SSSR count). The van der Waals surface area contributed by atoms with E-state index in [2.05, 4.69) is 178 Å². The van der Waals surface area contributed by atoms with E-state index in [9.17, 15) is 0 Å². The predicted molar refractivity (Wildman–Crippen MR) is 539 cm³/mol. The Morgan fingerprint density at radius 1 is 0.270 bits per heavy atom. The van der Waals surface area contributed by atoms with Crippen LogP contribution in [-0.4, -0.2) is 217 Å². The minimum absolute atomic E-state index is 0.0220. The first kappa shape index (κ1) is 150. The maximum absolute atomic E-state index is 5.59. The summed E-state index contributed by atoms with van der Waals surface area (Å²) in [7, 11) is 3.38. The SMILES string of the molecule is CC(C)OC(C)(C)C.CC(C)OC(C)C.CCC(C)(C)OC(C)C.CCCOC(C)C.CCCOCC.CCOC.CCOC(C)(C)C.CCOC(C)(C)CC.CCOC(C)C.CCOC(C)C.CCOC1CCCC1.CCOC1CCCCC1.CCOCC.CCOCC(C)(C)C.CCOCC1CCCC1.CCOCC1CCCCC1.COC(C)C. The van der Waals surface area contributed by atoms with Gasteiger partial charge >= 0.3 is 0 Å². The standard InChI is InChI=1S/C9H18O.2C8H16O.C8H18O.C7H14O.3C7H16O.3C6H14O.3C5H12O.2C4H10O.C3H8O/c1-2-10-8-9-6-4-3-5-7-9;1-2-9-7-8-5-3-4-6-8;1-2-9-8-6-4-3-5-7-8;1-6-8(4,5)9-7(2)3;1-2-8-7-5-3-4-6-7;1-6(2)8-7(3,4)5;1-5-8-6-7(2,3)4;1-5-7(3,4)8-6-2;1-5-7-6(2,3)4;1-5(2)7-6(3)4;1-4-5-7-6(2)3;2*1-4-6-5(2)3;1-3-5-6-4-2;1-4(2)5-3;1-3-5-4-2;1-3-4-2/h9H,2-8H2,1H3;2*8H,2-7H2,1H3;7H,6H2,1-5H3;7H,2-6H2,1H3;6H,1-5H3;2*5-6H2,1-4H3;5H2,1-4H3;5-6H,1-4H3;6H,4-5H2,1-3H3;2*5H,4H2,1-3H3;3-5H2,1-2H3;4H,1-3H3;3-4H2,1-2H3;3H2,1-2H3. The van der Waals surface area contributed by atoms with Gasteiger partial charge in [-0.2, -0.15) is 0 Å². The van der Waals surface area contributed by atoms with E-state index in [0.717, 1.165) is 156 Å². The first-order chi connectivity index (χ1) is 56.8. The zero-order chi connectivity index (χ0) is 97.7. The molecule has 0 aromatic heterocycles. The van der Waals surface area contributed by atoms with Crippen LogP contribution >= 0.6 is 0 Å². The summed E-state index contributed by atoms with van der Waals surface area (Å²) in [6, 6.07) is 0. The average molecular weight is 1770 g/mol. The molecule has 4 fully saturated rings. The number of methoxy groups -OCH3 is 2. The quantitative estimate of drug-likeness (QED) is 0.0545. The van der Waals surface area contributed by atoms with Gasteiger partial charge in [0.05, 0.1) is 90.1 Å². The van der Waals surface area contributed by atoms with Crippen molar-refractivity contribution in [1.29, 1.82) is 0 Å². The van der Waals surface area contributed by atoms with Crippen molar-refractivity contribution in [2.45, 2.75) is 543 Å². The van der Waals surface area contributed by atoms with Gasteiger partial charge in [0.15, 0.2) is 0 Å². The summed E-state index contributed by atoms with van der Waals surface area (Å²) in [5, 5.41) is 0. The maximum atomic E-state index is 5.59. The summed E-state index contributed by atoms with van der Waals surface area (Å²) in [6.45, 7) is 110. The summed E-state index contributed by atoms with van der Waals surface area (Å²) in [5.41, 5.74) is 0.557. The van der Waals surface area contributed by atoms with E-state index in [4.69, 9.17) is 75.8 Å². The van der Waals surface area contributed by atoms with Crippen LogP contribution in [0, 0.1) is 17.3 Å². The van der Waals surface area contributed by atoms with E-state index < -0.39 is 0 Å². The lowest BCUT2D eigenvalue weighted by molar-refractivity contribution is -0.0573. The van der Waals surface area contributed by atoms with E-state index in [0.29, 0.717) is 66.5 Å². The summed E-state index contributed by atoms with van der Waals surface area (Å²) in [6.07, 6.45) is 33.6. The van der Waals surface area contributed by atoms with E-state index in [-0.39, 0.29) is 22.4 Å². The van der Waals surface area contributed by atoms with Crippen molar-refractivity contribution in [3.05, 3.63) is 0 Å². The molecule has 0 N–H and O–H groups in total. The van der Waals surface area contributed by atoms with Crippen LogP contribution < -0.4 is 0 Å². The van der Waals surface area contributed by atoms with Crippen molar-refractivity contribution in [3.8, 4) is 0 Å². The molecule has 0 unspecified atom stereocenters. The lowest BCUT2D eigenvalue weighted by Gasteiger charge is -2.25. The van der Waals surface area contributed by atoms with Crippen LogP contribution in [0.3, 0.4) is 0 Å². The summed E-state index contributed by atoms with van der Waals surface area (Å²) >= 11 is 0. The van der Waals surface area contributed by atoms with Crippen molar-refractivity contribution in [3.63, 3.8) is 0 Å². The molecule has 122 heavy (non-hydrogen) atoms. The molecule has 4 aliphatic rings. The summed E-state index contributed by atoms with van der Waals surface area (Å²) < 4.78 is 88.0. The largest absolute Gasteiger partial charge is 0.385 e. The van der Waals surface area contributed by atoms with Gasteiger partial charge in [0, 0.05) is 127 Å². The van der Waals surface area contributed by atoms with Gasteiger partial charge < -0.3 is 80.5 Å². The minimum Gasteiger partial charge on any atom is -0.385 e. The second-order valence-corrected chi connectivity index (χ2v) is 36.9. The molecule has 0 bridgehead atoms. The number of hydrogen-bond donors (Lipinski definition) is 0. The second-order valence-electron chi connectivity index (χ2n) is 36.9. The highest BCUT2D eigenvalue weighted by Gasteiger charge is 2.19. The van der Waals surface area contributed by atoms with Crippen molar-refractivity contribution < 1.29 is 80.5 Å². The van der Waals surface area contributed by atoms with Gasteiger partial charge in [0.2, 0.25) is 0 Å².